The monoisotopic (exact) mass is 287 g/mol. The molecule has 0 saturated carbocycles. The minimum atomic E-state index is -0.0524. The van der Waals surface area contributed by atoms with Gasteiger partial charge in [-0.25, -0.2) is 0 Å². The molecule has 112 valence electrons. The molecule has 4 nitrogen and oxygen atoms in total. The Morgan fingerprint density at radius 1 is 1.14 bits per heavy atom. The van der Waals surface area contributed by atoms with E-state index in [1.807, 2.05) is 0 Å². The fraction of sp³-hybridized carbons (Fsp3) is 0.471. The minimum absolute atomic E-state index is 0.0524. The van der Waals surface area contributed by atoms with Crippen LogP contribution in [0, 0.1) is 0 Å². The average Bonchev–Trinajstić information content (AvgIpc) is 2.55. The summed E-state index contributed by atoms with van der Waals surface area (Å²) in [4.78, 5) is 12.1. The highest BCUT2D eigenvalue weighted by Crippen LogP contribution is 2.30. The molecule has 1 aliphatic carbocycles. The van der Waals surface area contributed by atoms with Crippen LogP contribution in [-0.2, 0) is 0 Å². The third-order valence-corrected chi connectivity index (χ3v) is 3.92. The van der Waals surface area contributed by atoms with Gasteiger partial charge in [-0.15, -0.1) is 0 Å². The normalized spacial score (nSPS) is 17.0. The molecular weight excluding hydrogens is 266 g/mol. The predicted molar refractivity (Wildman–Crippen MR) is 80.9 cm³/mol. The molecule has 2 aliphatic rings. The average molecular weight is 287 g/mol. The zero-order valence-electron chi connectivity index (χ0n) is 12.2. The lowest BCUT2D eigenvalue weighted by atomic mass is 9.97. The van der Waals surface area contributed by atoms with Crippen molar-refractivity contribution in [3.05, 3.63) is 35.4 Å². The fourth-order valence-corrected chi connectivity index (χ4v) is 2.75. The number of rotatable bonds is 4. The first kappa shape index (κ1) is 14.0. The van der Waals surface area contributed by atoms with Gasteiger partial charge < -0.3 is 14.8 Å². The van der Waals surface area contributed by atoms with E-state index in [1.54, 1.807) is 18.2 Å². The van der Waals surface area contributed by atoms with Crippen LogP contribution in [-0.4, -0.2) is 25.7 Å². The second-order valence-electron chi connectivity index (χ2n) is 5.47. The highest BCUT2D eigenvalue weighted by molar-refractivity contribution is 5.94. The first-order valence-electron chi connectivity index (χ1n) is 7.69. The van der Waals surface area contributed by atoms with Crippen LogP contribution in [0.5, 0.6) is 11.5 Å². The first-order valence-corrected chi connectivity index (χ1v) is 7.69. The van der Waals surface area contributed by atoms with E-state index in [0.717, 1.165) is 6.42 Å². The molecule has 1 aromatic rings. The second kappa shape index (κ2) is 6.66. The van der Waals surface area contributed by atoms with Gasteiger partial charge in [0.2, 0.25) is 0 Å². The van der Waals surface area contributed by atoms with Gasteiger partial charge in [0.15, 0.2) is 11.5 Å². The van der Waals surface area contributed by atoms with Gasteiger partial charge in [0.1, 0.15) is 13.2 Å². The van der Waals surface area contributed by atoms with E-state index in [0.29, 0.717) is 36.8 Å². The summed E-state index contributed by atoms with van der Waals surface area (Å²) in [5, 5.41) is 2.98. The maximum absolute atomic E-state index is 12.1. The zero-order valence-corrected chi connectivity index (χ0v) is 12.2. The van der Waals surface area contributed by atoms with Crippen LogP contribution in [0.3, 0.4) is 0 Å². The van der Waals surface area contributed by atoms with Crippen molar-refractivity contribution in [1.29, 1.82) is 0 Å². The van der Waals surface area contributed by atoms with E-state index >= 15 is 0 Å². The van der Waals surface area contributed by atoms with Gasteiger partial charge in [0.25, 0.3) is 5.91 Å². The van der Waals surface area contributed by atoms with Gasteiger partial charge in [-0.1, -0.05) is 11.6 Å². The van der Waals surface area contributed by atoms with Crippen molar-refractivity contribution >= 4 is 5.91 Å². The van der Waals surface area contributed by atoms with Crippen LogP contribution in [0.4, 0.5) is 0 Å². The van der Waals surface area contributed by atoms with Crippen LogP contribution < -0.4 is 14.8 Å². The molecule has 0 aromatic heterocycles. The molecule has 0 unspecified atom stereocenters. The summed E-state index contributed by atoms with van der Waals surface area (Å²) in [5.41, 5.74) is 2.10. The van der Waals surface area contributed by atoms with Crippen LogP contribution in [0.15, 0.2) is 29.8 Å². The van der Waals surface area contributed by atoms with Crippen molar-refractivity contribution in [3.63, 3.8) is 0 Å². The Kier molecular flexibility index (Phi) is 4.43. The Labute approximate surface area is 125 Å². The minimum Gasteiger partial charge on any atom is -0.486 e. The lowest BCUT2D eigenvalue weighted by Gasteiger charge is -2.18. The van der Waals surface area contributed by atoms with Gasteiger partial charge in [0, 0.05) is 12.1 Å². The number of nitrogens with one attached hydrogen (secondary N) is 1. The van der Waals surface area contributed by atoms with Crippen molar-refractivity contribution in [3.8, 4) is 11.5 Å². The molecule has 1 aliphatic heterocycles. The lowest BCUT2D eigenvalue weighted by molar-refractivity contribution is 0.0952. The third-order valence-electron chi connectivity index (χ3n) is 3.92. The molecule has 1 amide bonds. The molecule has 1 heterocycles. The highest BCUT2D eigenvalue weighted by atomic mass is 16.6. The molecular formula is C17H21NO3. The standard InChI is InChI=1S/C17H21NO3/c19-17(18-9-8-13-4-2-1-3-5-13)14-6-7-15-16(12-14)21-11-10-20-15/h4,6-7,12H,1-3,5,8-11H2,(H,18,19). The smallest absolute Gasteiger partial charge is 0.251 e. The number of fused-ring (bicyclic) bond motifs is 1. The van der Waals surface area contributed by atoms with Crippen molar-refractivity contribution in [2.75, 3.05) is 19.8 Å². The van der Waals surface area contributed by atoms with E-state index in [2.05, 4.69) is 11.4 Å². The summed E-state index contributed by atoms with van der Waals surface area (Å²) in [7, 11) is 0. The molecule has 21 heavy (non-hydrogen) atoms. The zero-order chi connectivity index (χ0) is 14.5. The van der Waals surface area contributed by atoms with Crippen LogP contribution in [0.1, 0.15) is 42.5 Å². The predicted octanol–water partition coefficient (Wildman–Crippen LogP) is 3.08. The summed E-state index contributed by atoms with van der Waals surface area (Å²) in [5.74, 6) is 1.32. The Hall–Kier alpha value is -1.97. The second-order valence-corrected chi connectivity index (χ2v) is 5.47. The number of hydrogen-bond acceptors (Lipinski definition) is 3. The first-order chi connectivity index (χ1) is 10.3. The van der Waals surface area contributed by atoms with Crippen molar-refractivity contribution < 1.29 is 14.3 Å². The molecule has 0 saturated heterocycles. The highest BCUT2D eigenvalue weighted by Gasteiger charge is 2.14. The number of amides is 1. The Balaban J connectivity index is 1.54. The third kappa shape index (κ3) is 3.57. The van der Waals surface area contributed by atoms with Crippen LogP contribution in [0.25, 0.3) is 0 Å². The largest absolute Gasteiger partial charge is 0.486 e. The van der Waals surface area contributed by atoms with Crippen LogP contribution >= 0.6 is 0 Å². The van der Waals surface area contributed by atoms with Crippen LogP contribution in [0.2, 0.25) is 0 Å². The number of carbonyl (C=O) groups excluding carboxylic acids is 1. The summed E-state index contributed by atoms with van der Waals surface area (Å²) in [6.07, 6.45) is 8.22. The molecule has 0 atom stereocenters. The molecule has 0 radical (unpaired) electrons. The van der Waals surface area contributed by atoms with E-state index < -0.39 is 0 Å². The molecule has 1 aromatic carbocycles. The summed E-state index contributed by atoms with van der Waals surface area (Å²) in [6, 6.07) is 5.33. The van der Waals surface area contributed by atoms with Crippen molar-refractivity contribution in [1.82, 2.24) is 5.32 Å². The number of benzene rings is 1. The van der Waals surface area contributed by atoms with Gasteiger partial charge in [0.05, 0.1) is 0 Å². The maximum atomic E-state index is 12.1. The Morgan fingerprint density at radius 3 is 2.81 bits per heavy atom. The topological polar surface area (TPSA) is 47.6 Å². The van der Waals surface area contributed by atoms with Gasteiger partial charge in [-0.3, -0.25) is 4.79 Å². The SMILES string of the molecule is O=C(NCCC1=CCCCC1)c1ccc2c(c1)OCCO2. The Morgan fingerprint density at radius 2 is 2.00 bits per heavy atom. The maximum Gasteiger partial charge on any atom is 0.251 e. The summed E-state index contributed by atoms with van der Waals surface area (Å²) in [6.45, 7) is 1.79. The van der Waals surface area contributed by atoms with Crippen molar-refractivity contribution in [2.24, 2.45) is 0 Å². The number of ether oxygens (including phenoxy) is 2. The molecule has 0 spiro atoms. The molecule has 3 rings (SSSR count). The molecule has 1 N–H and O–H groups in total. The van der Waals surface area contributed by atoms with E-state index in [-0.39, 0.29) is 5.91 Å². The lowest BCUT2D eigenvalue weighted by Crippen LogP contribution is -2.25. The molecule has 0 fully saturated rings. The summed E-state index contributed by atoms with van der Waals surface area (Å²) >= 11 is 0. The number of carbonyl (C=O) groups is 1. The van der Waals surface area contributed by atoms with Gasteiger partial charge >= 0.3 is 0 Å². The molecule has 0 bridgehead atoms. The number of hydrogen-bond donors (Lipinski definition) is 1. The van der Waals surface area contributed by atoms with Gasteiger partial charge in [-0.05, 0) is 50.3 Å². The molecule has 4 heteroatoms. The number of allylic oxidation sites excluding steroid dienone is 1. The fourth-order valence-electron chi connectivity index (χ4n) is 2.75. The van der Waals surface area contributed by atoms with Crippen molar-refractivity contribution in [2.45, 2.75) is 32.1 Å². The van der Waals surface area contributed by atoms with E-state index in [4.69, 9.17) is 9.47 Å². The van der Waals surface area contributed by atoms with Gasteiger partial charge in [-0.2, -0.15) is 0 Å². The van der Waals surface area contributed by atoms with E-state index in [1.165, 1.54) is 31.3 Å². The van der Waals surface area contributed by atoms with E-state index in [9.17, 15) is 4.79 Å². The quantitative estimate of drug-likeness (QED) is 0.866. The summed E-state index contributed by atoms with van der Waals surface area (Å²) < 4.78 is 11.0. The Bertz CT molecular complexity index is 551.